The lowest BCUT2D eigenvalue weighted by atomic mass is 10.3. The monoisotopic (exact) mass is 315 g/mol. The maximum absolute atomic E-state index is 11.9. The molecule has 2 heterocycles. The van der Waals surface area contributed by atoms with Crippen LogP contribution in [-0.2, 0) is 11.2 Å². The molecule has 2 N–H and O–H groups in total. The summed E-state index contributed by atoms with van der Waals surface area (Å²) in [5.41, 5.74) is 0.975. The van der Waals surface area contributed by atoms with Gasteiger partial charge in [0.15, 0.2) is 5.13 Å². The van der Waals surface area contributed by atoms with Gasteiger partial charge in [0, 0.05) is 10.6 Å². The second-order valence-corrected chi connectivity index (χ2v) is 6.39. The van der Waals surface area contributed by atoms with Crippen molar-refractivity contribution < 1.29 is 4.79 Å². The van der Waals surface area contributed by atoms with Crippen LogP contribution in [0.4, 0.5) is 15.8 Å². The minimum atomic E-state index is -0.0210. The van der Waals surface area contributed by atoms with E-state index in [0.29, 0.717) is 6.42 Å². The standard InChI is InChI=1S/C15H13N3OS2/c19-13(9-12-7-4-8-20-12)18-14-10-16-15(21-14)17-11-5-2-1-3-6-11/h1-8,10H,9H2,(H,16,17)(H,18,19). The summed E-state index contributed by atoms with van der Waals surface area (Å²) in [6.07, 6.45) is 2.07. The number of aromatic nitrogens is 1. The first-order chi connectivity index (χ1) is 10.3. The molecule has 0 spiro atoms. The fourth-order valence-corrected chi connectivity index (χ4v) is 3.24. The Morgan fingerprint density at radius 3 is 2.76 bits per heavy atom. The van der Waals surface area contributed by atoms with Gasteiger partial charge in [-0.2, -0.15) is 0 Å². The van der Waals surface area contributed by atoms with E-state index in [9.17, 15) is 4.79 Å². The van der Waals surface area contributed by atoms with E-state index < -0.39 is 0 Å². The molecule has 3 rings (SSSR count). The quantitative estimate of drug-likeness (QED) is 0.744. The van der Waals surface area contributed by atoms with E-state index in [2.05, 4.69) is 15.6 Å². The molecule has 2 aromatic heterocycles. The van der Waals surface area contributed by atoms with Gasteiger partial charge in [-0.3, -0.25) is 4.79 Å². The summed E-state index contributed by atoms with van der Waals surface area (Å²) in [5, 5.41) is 9.54. The lowest BCUT2D eigenvalue weighted by Crippen LogP contribution is -2.12. The van der Waals surface area contributed by atoms with Crippen LogP contribution in [0.1, 0.15) is 4.88 Å². The Morgan fingerprint density at radius 2 is 2.00 bits per heavy atom. The number of amides is 1. The zero-order valence-corrected chi connectivity index (χ0v) is 12.7. The Kier molecular flexibility index (Phi) is 4.28. The van der Waals surface area contributed by atoms with Crippen molar-refractivity contribution in [3.05, 3.63) is 58.9 Å². The number of carbonyl (C=O) groups excluding carboxylic acids is 1. The summed E-state index contributed by atoms with van der Waals surface area (Å²) in [7, 11) is 0. The van der Waals surface area contributed by atoms with E-state index in [1.165, 1.54) is 11.3 Å². The van der Waals surface area contributed by atoms with Crippen molar-refractivity contribution in [1.29, 1.82) is 0 Å². The number of nitrogens with zero attached hydrogens (tertiary/aromatic N) is 1. The molecule has 0 radical (unpaired) electrons. The van der Waals surface area contributed by atoms with Gasteiger partial charge in [0.05, 0.1) is 12.6 Å². The SMILES string of the molecule is O=C(Cc1cccs1)Nc1cnc(Nc2ccccc2)s1. The summed E-state index contributed by atoms with van der Waals surface area (Å²) in [6, 6.07) is 13.7. The molecule has 1 aromatic carbocycles. The Bertz CT molecular complexity index is 708. The van der Waals surface area contributed by atoms with Gasteiger partial charge in [0.1, 0.15) is 5.00 Å². The molecule has 21 heavy (non-hydrogen) atoms. The van der Waals surface area contributed by atoms with Crippen LogP contribution < -0.4 is 10.6 Å². The number of benzene rings is 1. The molecule has 6 heteroatoms. The highest BCUT2D eigenvalue weighted by atomic mass is 32.1. The molecule has 0 atom stereocenters. The third kappa shape index (κ3) is 3.90. The number of para-hydroxylation sites is 1. The summed E-state index contributed by atoms with van der Waals surface area (Å²) in [4.78, 5) is 17.2. The van der Waals surface area contributed by atoms with E-state index in [4.69, 9.17) is 0 Å². The van der Waals surface area contributed by atoms with Gasteiger partial charge >= 0.3 is 0 Å². The van der Waals surface area contributed by atoms with Crippen LogP contribution in [0.5, 0.6) is 0 Å². The number of hydrogen-bond donors (Lipinski definition) is 2. The smallest absolute Gasteiger partial charge is 0.230 e. The fourth-order valence-electron chi connectivity index (χ4n) is 1.79. The molecule has 3 aromatic rings. The highest BCUT2D eigenvalue weighted by Gasteiger charge is 2.08. The van der Waals surface area contributed by atoms with Gasteiger partial charge in [0.2, 0.25) is 5.91 Å². The van der Waals surface area contributed by atoms with Gasteiger partial charge in [-0.05, 0) is 23.6 Å². The minimum absolute atomic E-state index is 0.0210. The molecule has 0 unspecified atom stereocenters. The Balaban J connectivity index is 1.59. The fraction of sp³-hybridized carbons (Fsp3) is 0.0667. The molecule has 4 nitrogen and oxygen atoms in total. The molecule has 1 amide bonds. The average Bonchev–Trinajstić information content (AvgIpc) is 3.12. The Labute approximate surface area is 130 Å². The maximum atomic E-state index is 11.9. The van der Waals surface area contributed by atoms with Crippen molar-refractivity contribution in [1.82, 2.24) is 4.98 Å². The lowest BCUT2D eigenvalue weighted by Gasteiger charge is -2.01. The van der Waals surface area contributed by atoms with Crippen molar-refractivity contribution in [2.75, 3.05) is 10.6 Å². The first-order valence-electron chi connectivity index (χ1n) is 6.40. The van der Waals surface area contributed by atoms with Gasteiger partial charge in [-0.15, -0.1) is 11.3 Å². The van der Waals surface area contributed by atoms with Gasteiger partial charge in [-0.25, -0.2) is 4.98 Å². The molecule has 0 saturated carbocycles. The van der Waals surface area contributed by atoms with Crippen LogP contribution in [-0.4, -0.2) is 10.9 Å². The van der Waals surface area contributed by atoms with Crippen molar-refractivity contribution in [3.8, 4) is 0 Å². The second kappa shape index (κ2) is 6.51. The number of hydrogen-bond acceptors (Lipinski definition) is 5. The molecule has 0 aliphatic heterocycles. The zero-order valence-electron chi connectivity index (χ0n) is 11.1. The predicted octanol–water partition coefficient (Wildman–Crippen LogP) is 4.13. The van der Waals surface area contributed by atoms with E-state index in [0.717, 1.165) is 20.7 Å². The van der Waals surface area contributed by atoms with Crippen molar-refractivity contribution in [2.45, 2.75) is 6.42 Å². The molecule has 0 aliphatic rings. The molecular weight excluding hydrogens is 302 g/mol. The van der Waals surface area contributed by atoms with Crippen molar-refractivity contribution in [2.24, 2.45) is 0 Å². The first-order valence-corrected chi connectivity index (χ1v) is 8.09. The molecule has 106 valence electrons. The third-order valence-electron chi connectivity index (χ3n) is 2.71. The first kappa shape index (κ1) is 13.8. The number of rotatable bonds is 5. The van der Waals surface area contributed by atoms with E-state index in [1.807, 2.05) is 47.8 Å². The maximum Gasteiger partial charge on any atom is 0.230 e. The average molecular weight is 315 g/mol. The Morgan fingerprint density at radius 1 is 1.14 bits per heavy atom. The number of anilines is 3. The summed E-state index contributed by atoms with van der Waals surface area (Å²) in [6.45, 7) is 0. The molecule has 0 fully saturated rings. The topological polar surface area (TPSA) is 54.0 Å². The van der Waals surface area contributed by atoms with Crippen LogP contribution >= 0.6 is 22.7 Å². The second-order valence-electron chi connectivity index (χ2n) is 4.33. The highest BCUT2D eigenvalue weighted by Crippen LogP contribution is 2.26. The van der Waals surface area contributed by atoms with Crippen molar-refractivity contribution in [3.63, 3.8) is 0 Å². The predicted molar refractivity (Wildman–Crippen MR) is 88.5 cm³/mol. The van der Waals surface area contributed by atoms with E-state index >= 15 is 0 Å². The van der Waals surface area contributed by atoms with Gasteiger partial charge < -0.3 is 10.6 Å². The summed E-state index contributed by atoms with van der Waals surface area (Å²) in [5.74, 6) is -0.0210. The number of thiazole rings is 1. The largest absolute Gasteiger partial charge is 0.331 e. The number of carbonyl (C=O) groups is 1. The van der Waals surface area contributed by atoms with E-state index in [1.54, 1.807) is 17.5 Å². The van der Waals surface area contributed by atoms with Crippen LogP contribution in [0.15, 0.2) is 54.0 Å². The van der Waals surface area contributed by atoms with Gasteiger partial charge in [-0.1, -0.05) is 35.6 Å². The lowest BCUT2D eigenvalue weighted by molar-refractivity contribution is -0.115. The molecule has 0 bridgehead atoms. The van der Waals surface area contributed by atoms with Gasteiger partial charge in [0.25, 0.3) is 0 Å². The Hall–Kier alpha value is -2.18. The van der Waals surface area contributed by atoms with Crippen LogP contribution in [0.2, 0.25) is 0 Å². The molecule has 0 saturated heterocycles. The normalized spacial score (nSPS) is 10.3. The number of nitrogens with one attached hydrogen (secondary N) is 2. The number of thiophene rings is 1. The minimum Gasteiger partial charge on any atom is -0.331 e. The van der Waals surface area contributed by atoms with Crippen LogP contribution in [0, 0.1) is 0 Å². The molecule has 0 aliphatic carbocycles. The van der Waals surface area contributed by atoms with E-state index in [-0.39, 0.29) is 5.91 Å². The van der Waals surface area contributed by atoms with Crippen LogP contribution in [0.25, 0.3) is 0 Å². The van der Waals surface area contributed by atoms with Crippen LogP contribution in [0.3, 0.4) is 0 Å². The van der Waals surface area contributed by atoms with Crippen molar-refractivity contribution >= 4 is 44.4 Å². The summed E-state index contributed by atoms with van der Waals surface area (Å²) >= 11 is 3.00. The molecular formula is C15H13N3OS2. The summed E-state index contributed by atoms with van der Waals surface area (Å²) < 4.78 is 0. The highest BCUT2D eigenvalue weighted by molar-refractivity contribution is 7.19. The third-order valence-corrected chi connectivity index (χ3v) is 4.41. The zero-order chi connectivity index (χ0) is 14.5.